The summed E-state index contributed by atoms with van der Waals surface area (Å²) < 4.78 is 15.9. The van der Waals surface area contributed by atoms with E-state index in [2.05, 4.69) is 20.9 Å². The molecule has 2 aromatic rings. The molecule has 1 aromatic heterocycles. The van der Waals surface area contributed by atoms with Crippen LogP contribution in [0.1, 0.15) is 10.5 Å². The molecule has 0 aliphatic heterocycles. The number of methoxy groups -OCH3 is 3. The van der Waals surface area contributed by atoms with E-state index >= 15 is 0 Å². The second-order valence-corrected chi connectivity index (χ2v) is 5.98. The van der Waals surface area contributed by atoms with E-state index in [4.69, 9.17) is 14.2 Å². The van der Waals surface area contributed by atoms with Gasteiger partial charge in [0.05, 0.1) is 26.2 Å². The minimum atomic E-state index is -0.486. The van der Waals surface area contributed by atoms with Gasteiger partial charge in [-0.3, -0.25) is 0 Å². The third kappa shape index (κ3) is 2.78. The molecule has 0 aliphatic rings. The number of halogens is 1. The van der Waals surface area contributed by atoms with Crippen molar-refractivity contribution in [3.63, 3.8) is 0 Å². The molecule has 1 aromatic carbocycles. The first-order chi connectivity index (χ1) is 9.60. The lowest BCUT2D eigenvalue weighted by molar-refractivity contribution is 0.0595. The van der Waals surface area contributed by atoms with Crippen LogP contribution in [0.4, 0.5) is 0 Å². The van der Waals surface area contributed by atoms with Crippen molar-refractivity contribution in [3.8, 4) is 21.9 Å². The molecule has 0 atom stereocenters. The Kier molecular flexibility index (Phi) is 4.61. The number of thiazole rings is 1. The highest BCUT2D eigenvalue weighted by molar-refractivity contribution is 9.11. The molecule has 0 spiro atoms. The number of esters is 1. The van der Waals surface area contributed by atoms with Gasteiger partial charge in [0.1, 0.15) is 11.5 Å². The van der Waals surface area contributed by atoms with Gasteiger partial charge in [-0.25, -0.2) is 9.78 Å². The maximum absolute atomic E-state index is 11.8. The fraction of sp³-hybridized carbons (Fsp3) is 0.231. The number of carbonyl (C=O) groups excluding carboxylic acids is 1. The molecule has 0 unspecified atom stereocenters. The molecule has 20 heavy (non-hydrogen) atoms. The Balaban J connectivity index is 2.59. The molecule has 0 amide bonds. The van der Waals surface area contributed by atoms with Gasteiger partial charge in [0.25, 0.3) is 0 Å². The van der Waals surface area contributed by atoms with Crippen LogP contribution in [0.15, 0.2) is 22.1 Å². The van der Waals surface area contributed by atoms with E-state index in [1.54, 1.807) is 26.4 Å². The highest BCUT2D eigenvalue weighted by Crippen LogP contribution is 2.40. The normalized spacial score (nSPS) is 10.2. The summed E-state index contributed by atoms with van der Waals surface area (Å²) >= 11 is 4.62. The van der Waals surface area contributed by atoms with Crippen molar-refractivity contribution >= 4 is 33.2 Å². The molecule has 2 rings (SSSR count). The first-order valence-corrected chi connectivity index (χ1v) is 7.18. The van der Waals surface area contributed by atoms with Crippen molar-refractivity contribution in [3.05, 3.63) is 27.8 Å². The van der Waals surface area contributed by atoms with Crippen LogP contribution < -0.4 is 9.47 Å². The number of aromatic nitrogens is 1. The highest BCUT2D eigenvalue weighted by atomic mass is 79.9. The van der Waals surface area contributed by atoms with Crippen molar-refractivity contribution in [1.82, 2.24) is 4.98 Å². The molecular formula is C13H12BrNO4S. The van der Waals surface area contributed by atoms with Crippen LogP contribution in [0, 0.1) is 0 Å². The highest BCUT2D eigenvalue weighted by Gasteiger charge is 2.22. The molecule has 1 heterocycles. The second kappa shape index (κ2) is 6.23. The van der Waals surface area contributed by atoms with Gasteiger partial charge < -0.3 is 14.2 Å². The Morgan fingerprint density at radius 2 is 2.00 bits per heavy atom. The topological polar surface area (TPSA) is 57.7 Å². The third-order valence-electron chi connectivity index (χ3n) is 2.63. The van der Waals surface area contributed by atoms with Crippen LogP contribution in [0.25, 0.3) is 10.4 Å². The lowest BCUT2D eigenvalue weighted by atomic mass is 10.1. The summed E-state index contributed by atoms with van der Waals surface area (Å²) in [6.45, 7) is 0. The Hall–Kier alpha value is -1.60. The van der Waals surface area contributed by atoms with E-state index in [1.807, 2.05) is 6.07 Å². The third-order valence-corrected chi connectivity index (χ3v) is 4.17. The van der Waals surface area contributed by atoms with Crippen molar-refractivity contribution in [1.29, 1.82) is 0 Å². The zero-order chi connectivity index (χ0) is 14.7. The van der Waals surface area contributed by atoms with Crippen molar-refractivity contribution in [2.24, 2.45) is 0 Å². The van der Waals surface area contributed by atoms with Crippen molar-refractivity contribution in [2.75, 3.05) is 21.3 Å². The van der Waals surface area contributed by atoms with Gasteiger partial charge in [0.15, 0.2) is 9.61 Å². The van der Waals surface area contributed by atoms with E-state index in [-0.39, 0.29) is 5.69 Å². The first-order valence-electron chi connectivity index (χ1n) is 5.57. The summed E-state index contributed by atoms with van der Waals surface area (Å²) in [5.74, 6) is 0.791. The number of benzene rings is 1. The number of hydrogen-bond acceptors (Lipinski definition) is 6. The fourth-order valence-electron chi connectivity index (χ4n) is 1.70. The Labute approximate surface area is 128 Å². The number of hydrogen-bond donors (Lipinski definition) is 0. The molecule has 106 valence electrons. The van der Waals surface area contributed by atoms with Crippen LogP contribution in [0.5, 0.6) is 11.5 Å². The SMILES string of the molecule is COC(=O)c1nc(Br)sc1-c1ccc(OC)cc1OC. The largest absolute Gasteiger partial charge is 0.497 e. The van der Waals surface area contributed by atoms with E-state index in [0.29, 0.717) is 20.3 Å². The van der Waals surface area contributed by atoms with Crippen molar-refractivity contribution in [2.45, 2.75) is 0 Å². The van der Waals surface area contributed by atoms with Gasteiger partial charge in [-0.1, -0.05) is 0 Å². The first kappa shape index (κ1) is 14.8. The number of nitrogens with zero attached hydrogens (tertiary/aromatic N) is 1. The summed E-state index contributed by atoms with van der Waals surface area (Å²) in [5.41, 5.74) is 1.02. The zero-order valence-corrected chi connectivity index (χ0v) is 13.5. The van der Waals surface area contributed by atoms with Gasteiger partial charge in [-0.15, -0.1) is 11.3 Å². The molecule has 0 bridgehead atoms. The summed E-state index contributed by atoms with van der Waals surface area (Å²) in [7, 11) is 4.47. The lowest BCUT2D eigenvalue weighted by Gasteiger charge is -2.09. The minimum absolute atomic E-state index is 0.257. The van der Waals surface area contributed by atoms with Crippen LogP contribution in [-0.2, 0) is 4.74 Å². The second-order valence-electron chi connectivity index (χ2n) is 3.70. The summed E-state index contributed by atoms with van der Waals surface area (Å²) in [6.07, 6.45) is 0. The van der Waals surface area contributed by atoms with Crippen LogP contribution in [0.3, 0.4) is 0 Å². The fourth-order valence-corrected chi connectivity index (χ4v) is 3.17. The average molecular weight is 358 g/mol. The predicted octanol–water partition coefficient (Wildman–Crippen LogP) is 3.38. The van der Waals surface area contributed by atoms with Crippen molar-refractivity contribution < 1.29 is 19.0 Å². The molecule has 0 radical (unpaired) electrons. The molecule has 7 heteroatoms. The molecule has 0 N–H and O–H groups in total. The van der Waals surface area contributed by atoms with Crippen LogP contribution >= 0.6 is 27.3 Å². The lowest BCUT2D eigenvalue weighted by Crippen LogP contribution is -2.03. The summed E-state index contributed by atoms with van der Waals surface area (Å²) in [6, 6.07) is 5.38. The smallest absolute Gasteiger partial charge is 0.358 e. The summed E-state index contributed by atoms with van der Waals surface area (Å²) in [5, 5.41) is 0. The Morgan fingerprint density at radius 3 is 2.60 bits per heavy atom. The van der Waals surface area contributed by atoms with Gasteiger partial charge in [-0.2, -0.15) is 0 Å². The molecule has 5 nitrogen and oxygen atoms in total. The quantitative estimate of drug-likeness (QED) is 0.785. The number of rotatable bonds is 4. The predicted molar refractivity (Wildman–Crippen MR) is 79.7 cm³/mol. The Bertz CT molecular complexity index is 641. The van der Waals surface area contributed by atoms with Crippen LogP contribution in [0.2, 0.25) is 0 Å². The number of carbonyl (C=O) groups is 1. The monoisotopic (exact) mass is 357 g/mol. The van der Waals surface area contributed by atoms with E-state index in [1.165, 1.54) is 18.4 Å². The minimum Gasteiger partial charge on any atom is -0.497 e. The molecule has 0 aliphatic carbocycles. The van der Waals surface area contributed by atoms with Crippen LogP contribution in [-0.4, -0.2) is 32.3 Å². The van der Waals surface area contributed by atoms with Gasteiger partial charge >= 0.3 is 5.97 Å². The standard InChI is InChI=1S/C13H12BrNO4S/c1-17-7-4-5-8(9(6-7)18-2)11-10(12(16)19-3)15-13(14)20-11/h4-6H,1-3H3. The molecule has 0 fully saturated rings. The maximum Gasteiger partial charge on any atom is 0.358 e. The van der Waals surface area contributed by atoms with E-state index in [9.17, 15) is 4.79 Å². The average Bonchev–Trinajstić information content (AvgIpc) is 2.87. The van der Waals surface area contributed by atoms with Gasteiger partial charge in [0, 0.05) is 11.6 Å². The Morgan fingerprint density at radius 1 is 1.25 bits per heavy atom. The molecule has 0 saturated carbocycles. The molecule has 0 saturated heterocycles. The number of ether oxygens (including phenoxy) is 3. The zero-order valence-electron chi connectivity index (χ0n) is 11.1. The molecular weight excluding hydrogens is 346 g/mol. The summed E-state index contributed by atoms with van der Waals surface area (Å²) in [4.78, 5) is 16.6. The van der Waals surface area contributed by atoms with Gasteiger partial charge in [0.2, 0.25) is 0 Å². The maximum atomic E-state index is 11.8. The van der Waals surface area contributed by atoms with E-state index < -0.39 is 5.97 Å². The van der Waals surface area contributed by atoms with Gasteiger partial charge in [-0.05, 0) is 28.1 Å². The van der Waals surface area contributed by atoms with E-state index in [0.717, 1.165) is 5.56 Å².